The Labute approximate surface area is 100 Å². The van der Waals surface area contributed by atoms with Crippen molar-refractivity contribution in [3.63, 3.8) is 0 Å². The number of rotatable bonds is 4. The fourth-order valence-corrected chi connectivity index (χ4v) is 2.71. The third-order valence-electron chi connectivity index (χ3n) is 3.76. The molecule has 17 heavy (non-hydrogen) atoms. The molecule has 2 nitrogen and oxygen atoms in total. The molecule has 2 rings (SSSR count). The van der Waals surface area contributed by atoms with Crippen LogP contribution in [0.15, 0.2) is 24.3 Å². The number of benzene rings is 1. The summed E-state index contributed by atoms with van der Waals surface area (Å²) < 4.78 is 12.3. The van der Waals surface area contributed by atoms with Crippen LogP contribution in [-0.4, -0.2) is 17.8 Å². The van der Waals surface area contributed by atoms with E-state index in [9.17, 15) is 14.3 Å². The summed E-state index contributed by atoms with van der Waals surface area (Å²) in [5, 5.41) is 9.42. The second-order valence-corrected chi connectivity index (χ2v) is 4.82. The largest absolute Gasteiger partial charge is 0.481 e. The van der Waals surface area contributed by atoms with Crippen LogP contribution in [0.5, 0.6) is 0 Å². The Morgan fingerprint density at radius 2 is 2.06 bits per heavy atom. The number of aliphatic carboxylic acids is 1. The van der Waals surface area contributed by atoms with Gasteiger partial charge >= 0.3 is 5.97 Å². The van der Waals surface area contributed by atoms with Crippen LogP contribution in [0.4, 0.5) is 4.39 Å². The summed E-state index contributed by atoms with van der Waals surface area (Å²) in [6.45, 7) is -0.434. The summed E-state index contributed by atoms with van der Waals surface area (Å²) in [5.41, 5.74) is 1.60. The number of hydrogen-bond donors (Lipinski definition) is 1. The van der Waals surface area contributed by atoms with Crippen molar-refractivity contribution in [3.8, 4) is 0 Å². The summed E-state index contributed by atoms with van der Waals surface area (Å²) in [6.07, 6.45) is 2.73. The molecule has 1 atom stereocenters. The molecule has 92 valence electrons. The van der Waals surface area contributed by atoms with Gasteiger partial charge in [0.2, 0.25) is 0 Å². The van der Waals surface area contributed by atoms with Gasteiger partial charge in [-0.1, -0.05) is 24.3 Å². The molecular weight excluding hydrogens is 219 g/mol. The average Bonchev–Trinajstić information content (AvgIpc) is 2.36. The van der Waals surface area contributed by atoms with Gasteiger partial charge in [-0.25, -0.2) is 0 Å². The Morgan fingerprint density at radius 3 is 2.71 bits per heavy atom. The number of halogens is 1. The summed E-state index contributed by atoms with van der Waals surface area (Å²) in [5.74, 6) is -0.777. The first-order valence-corrected chi connectivity index (χ1v) is 6.04. The van der Waals surface area contributed by atoms with Gasteiger partial charge in [-0.2, -0.15) is 0 Å². The maximum atomic E-state index is 12.3. The molecular formula is C14H17FO2. The molecule has 1 aromatic carbocycles. The molecule has 1 N–H and O–H groups in total. The van der Waals surface area contributed by atoms with E-state index in [0.717, 1.165) is 12.0 Å². The lowest BCUT2D eigenvalue weighted by molar-refractivity contribution is -0.150. The van der Waals surface area contributed by atoms with Crippen molar-refractivity contribution in [1.29, 1.82) is 0 Å². The zero-order valence-electron chi connectivity index (χ0n) is 9.79. The monoisotopic (exact) mass is 236 g/mol. The van der Waals surface area contributed by atoms with Gasteiger partial charge in [0.25, 0.3) is 0 Å². The number of alkyl halides is 1. The molecule has 1 aromatic rings. The van der Waals surface area contributed by atoms with Crippen LogP contribution >= 0.6 is 0 Å². The topological polar surface area (TPSA) is 37.3 Å². The number of carboxylic acid groups (broad SMARTS) is 1. The first-order valence-electron chi connectivity index (χ1n) is 6.04. The van der Waals surface area contributed by atoms with Gasteiger partial charge in [-0.05, 0) is 43.2 Å². The summed E-state index contributed by atoms with van der Waals surface area (Å²) >= 11 is 0. The van der Waals surface area contributed by atoms with Gasteiger partial charge < -0.3 is 5.11 Å². The Balaban J connectivity index is 2.24. The van der Waals surface area contributed by atoms with E-state index in [1.807, 2.05) is 18.2 Å². The first kappa shape index (κ1) is 12.1. The van der Waals surface area contributed by atoms with Gasteiger partial charge in [0.15, 0.2) is 0 Å². The third-order valence-corrected chi connectivity index (χ3v) is 3.76. The summed E-state index contributed by atoms with van der Waals surface area (Å²) in [7, 11) is 0. The van der Waals surface area contributed by atoms with E-state index in [2.05, 4.69) is 6.07 Å². The highest BCUT2D eigenvalue weighted by Crippen LogP contribution is 2.39. The van der Waals surface area contributed by atoms with E-state index in [0.29, 0.717) is 25.7 Å². The van der Waals surface area contributed by atoms with Gasteiger partial charge in [-0.15, -0.1) is 0 Å². The molecule has 0 saturated carbocycles. The number of aryl methyl sites for hydroxylation is 1. The quantitative estimate of drug-likeness (QED) is 0.872. The Kier molecular flexibility index (Phi) is 3.46. The van der Waals surface area contributed by atoms with Crippen molar-refractivity contribution in [2.45, 2.75) is 32.1 Å². The van der Waals surface area contributed by atoms with E-state index in [-0.39, 0.29) is 0 Å². The lowest BCUT2D eigenvalue weighted by atomic mass is 9.69. The fraction of sp³-hybridized carbons (Fsp3) is 0.500. The van der Waals surface area contributed by atoms with Crippen LogP contribution < -0.4 is 0 Å². The molecule has 0 aliphatic heterocycles. The summed E-state index contributed by atoms with van der Waals surface area (Å²) in [4.78, 5) is 11.5. The Bertz CT molecular complexity index is 416. The number of fused-ring (bicyclic) bond motifs is 1. The number of hydrogen-bond acceptors (Lipinski definition) is 1. The van der Waals surface area contributed by atoms with Gasteiger partial charge in [-0.3, -0.25) is 9.18 Å². The number of carbonyl (C=O) groups is 1. The molecule has 3 heteroatoms. The molecule has 0 aromatic heterocycles. The van der Waals surface area contributed by atoms with Crippen molar-refractivity contribution >= 4 is 5.97 Å². The zero-order chi connectivity index (χ0) is 12.3. The maximum Gasteiger partial charge on any atom is 0.309 e. The summed E-state index contributed by atoms with van der Waals surface area (Å²) in [6, 6.07) is 7.96. The van der Waals surface area contributed by atoms with Crippen molar-refractivity contribution in [1.82, 2.24) is 0 Å². The molecule has 1 aliphatic carbocycles. The molecule has 0 heterocycles. The van der Waals surface area contributed by atoms with E-state index in [1.54, 1.807) is 0 Å². The molecule has 1 aliphatic rings. The molecule has 0 bridgehead atoms. The van der Waals surface area contributed by atoms with Gasteiger partial charge in [0, 0.05) is 0 Å². The minimum Gasteiger partial charge on any atom is -0.481 e. The van der Waals surface area contributed by atoms with Crippen LogP contribution in [0, 0.1) is 5.41 Å². The predicted octanol–water partition coefficient (Wildman–Crippen LogP) is 3.00. The fourth-order valence-electron chi connectivity index (χ4n) is 2.71. The van der Waals surface area contributed by atoms with Crippen LogP contribution in [0.1, 0.15) is 30.4 Å². The van der Waals surface area contributed by atoms with Crippen LogP contribution in [0.3, 0.4) is 0 Å². The smallest absolute Gasteiger partial charge is 0.309 e. The standard InChI is InChI=1S/C14H17FO2/c15-9-3-7-14(13(16)17)8-6-11-4-1-2-5-12(11)10-14/h1-2,4-5H,3,6-10H2,(H,16,17). The lowest BCUT2D eigenvalue weighted by Crippen LogP contribution is -2.37. The highest BCUT2D eigenvalue weighted by molar-refractivity contribution is 5.75. The minimum atomic E-state index is -0.777. The average molecular weight is 236 g/mol. The molecule has 1 unspecified atom stereocenters. The van der Waals surface area contributed by atoms with Crippen LogP contribution in [-0.2, 0) is 17.6 Å². The SMILES string of the molecule is O=C(O)C1(CCCF)CCc2ccccc2C1. The van der Waals surface area contributed by atoms with Crippen LogP contribution in [0.2, 0.25) is 0 Å². The third kappa shape index (κ3) is 2.33. The Morgan fingerprint density at radius 1 is 1.35 bits per heavy atom. The maximum absolute atomic E-state index is 12.3. The van der Waals surface area contributed by atoms with E-state index >= 15 is 0 Å². The van der Waals surface area contributed by atoms with Crippen molar-refractivity contribution in [2.24, 2.45) is 5.41 Å². The molecule has 0 spiro atoms. The molecule has 0 saturated heterocycles. The van der Waals surface area contributed by atoms with Crippen molar-refractivity contribution < 1.29 is 14.3 Å². The molecule has 0 fully saturated rings. The second kappa shape index (κ2) is 4.86. The molecule has 0 radical (unpaired) electrons. The normalized spacial score (nSPS) is 23.1. The molecule has 0 amide bonds. The first-order chi connectivity index (χ1) is 8.18. The zero-order valence-corrected chi connectivity index (χ0v) is 9.79. The minimum absolute atomic E-state index is 0.342. The number of carboxylic acids is 1. The van der Waals surface area contributed by atoms with E-state index in [1.165, 1.54) is 5.56 Å². The van der Waals surface area contributed by atoms with Crippen molar-refractivity contribution in [2.75, 3.05) is 6.67 Å². The Hall–Kier alpha value is -1.38. The highest BCUT2D eigenvalue weighted by Gasteiger charge is 2.40. The van der Waals surface area contributed by atoms with E-state index in [4.69, 9.17) is 0 Å². The predicted molar refractivity (Wildman–Crippen MR) is 63.7 cm³/mol. The van der Waals surface area contributed by atoms with E-state index < -0.39 is 18.1 Å². The van der Waals surface area contributed by atoms with Crippen LogP contribution in [0.25, 0.3) is 0 Å². The van der Waals surface area contributed by atoms with Gasteiger partial charge in [0.1, 0.15) is 0 Å². The lowest BCUT2D eigenvalue weighted by Gasteiger charge is -2.34. The highest BCUT2D eigenvalue weighted by atomic mass is 19.1. The second-order valence-electron chi connectivity index (χ2n) is 4.82. The van der Waals surface area contributed by atoms with Gasteiger partial charge in [0.05, 0.1) is 12.1 Å². The van der Waals surface area contributed by atoms with Crippen molar-refractivity contribution in [3.05, 3.63) is 35.4 Å².